The number of hydrogen-bond acceptors (Lipinski definition) is 2. The van der Waals surface area contributed by atoms with Crippen molar-refractivity contribution in [3.63, 3.8) is 0 Å². The molecular weight excluding hydrogens is 314 g/mol. The van der Waals surface area contributed by atoms with E-state index in [0.717, 1.165) is 18.4 Å². The van der Waals surface area contributed by atoms with Gasteiger partial charge in [-0.15, -0.1) is 0 Å². The SMILES string of the molecule is CC(C)NC(=O)NC1CCN(C(=O)c2ccc(C(C)(C)C)cc2)CC1. The van der Waals surface area contributed by atoms with E-state index in [0.29, 0.717) is 13.1 Å². The van der Waals surface area contributed by atoms with E-state index in [1.54, 1.807) is 0 Å². The van der Waals surface area contributed by atoms with Gasteiger partial charge in [0.2, 0.25) is 0 Å². The van der Waals surface area contributed by atoms with Crippen molar-refractivity contribution in [1.82, 2.24) is 15.5 Å². The molecular formula is C20H31N3O2. The molecule has 25 heavy (non-hydrogen) atoms. The highest BCUT2D eigenvalue weighted by molar-refractivity contribution is 5.94. The normalized spacial score (nSPS) is 16.0. The standard InChI is InChI=1S/C20H31N3O2/c1-14(2)21-19(25)22-17-10-12-23(13-11-17)18(24)15-6-8-16(9-7-15)20(3,4)5/h6-9,14,17H,10-13H2,1-5H3,(H2,21,22,25). The van der Waals surface area contributed by atoms with Crippen molar-refractivity contribution in [1.29, 1.82) is 0 Å². The van der Waals surface area contributed by atoms with Gasteiger partial charge >= 0.3 is 6.03 Å². The molecule has 1 saturated heterocycles. The summed E-state index contributed by atoms with van der Waals surface area (Å²) < 4.78 is 0. The number of amides is 3. The van der Waals surface area contributed by atoms with Gasteiger partial charge in [0.15, 0.2) is 0 Å². The molecule has 138 valence electrons. The summed E-state index contributed by atoms with van der Waals surface area (Å²) in [5.74, 6) is 0.0746. The molecule has 5 nitrogen and oxygen atoms in total. The van der Waals surface area contributed by atoms with Crippen LogP contribution in [-0.2, 0) is 5.41 Å². The van der Waals surface area contributed by atoms with Crippen LogP contribution in [0.2, 0.25) is 0 Å². The molecule has 0 spiro atoms. The first kappa shape index (κ1) is 19.3. The molecule has 0 aliphatic carbocycles. The number of carbonyl (C=O) groups excluding carboxylic acids is 2. The van der Waals surface area contributed by atoms with Gasteiger partial charge in [-0.2, -0.15) is 0 Å². The Bertz CT molecular complexity index is 594. The zero-order valence-electron chi connectivity index (χ0n) is 16.1. The fourth-order valence-corrected chi connectivity index (χ4v) is 3.01. The van der Waals surface area contributed by atoms with Gasteiger partial charge in [0.05, 0.1) is 0 Å². The van der Waals surface area contributed by atoms with Gasteiger partial charge in [0.25, 0.3) is 5.91 Å². The first-order chi connectivity index (χ1) is 11.7. The van der Waals surface area contributed by atoms with Gasteiger partial charge in [0.1, 0.15) is 0 Å². The molecule has 3 amide bonds. The van der Waals surface area contributed by atoms with Crippen LogP contribution in [0.4, 0.5) is 4.79 Å². The molecule has 1 aliphatic heterocycles. The summed E-state index contributed by atoms with van der Waals surface area (Å²) in [6, 6.07) is 8.05. The van der Waals surface area contributed by atoms with Gasteiger partial charge in [-0.3, -0.25) is 4.79 Å². The lowest BCUT2D eigenvalue weighted by Crippen LogP contribution is -2.50. The Morgan fingerprint density at radius 3 is 2.12 bits per heavy atom. The van der Waals surface area contributed by atoms with Crippen LogP contribution in [0.25, 0.3) is 0 Å². The maximum atomic E-state index is 12.7. The summed E-state index contributed by atoms with van der Waals surface area (Å²) in [5, 5.41) is 5.82. The summed E-state index contributed by atoms with van der Waals surface area (Å²) in [4.78, 5) is 26.3. The lowest BCUT2D eigenvalue weighted by atomic mass is 9.86. The number of nitrogens with zero attached hydrogens (tertiary/aromatic N) is 1. The predicted octanol–water partition coefficient (Wildman–Crippen LogP) is 3.30. The average Bonchev–Trinajstić information content (AvgIpc) is 2.53. The van der Waals surface area contributed by atoms with Crippen LogP contribution in [0, 0.1) is 0 Å². The molecule has 1 fully saturated rings. The third-order valence-electron chi connectivity index (χ3n) is 4.54. The van der Waals surface area contributed by atoms with Crippen LogP contribution in [0.5, 0.6) is 0 Å². The van der Waals surface area contributed by atoms with Gasteiger partial charge < -0.3 is 15.5 Å². The second kappa shape index (κ2) is 7.89. The van der Waals surface area contributed by atoms with Gasteiger partial charge in [0, 0.05) is 30.7 Å². The Morgan fingerprint density at radius 1 is 1.08 bits per heavy atom. The van der Waals surface area contributed by atoms with E-state index in [1.165, 1.54) is 5.56 Å². The summed E-state index contributed by atoms with van der Waals surface area (Å²) >= 11 is 0. The monoisotopic (exact) mass is 345 g/mol. The predicted molar refractivity (Wildman–Crippen MR) is 101 cm³/mol. The number of piperidine rings is 1. The number of rotatable bonds is 3. The Morgan fingerprint density at radius 2 is 1.64 bits per heavy atom. The van der Waals surface area contributed by atoms with Crippen LogP contribution < -0.4 is 10.6 Å². The van der Waals surface area contributed by atoms with Crippen molar-refractivity contribution in [2.75, 3.05) is 13.1 Å². The van der Waals surface area contributed by atoms with E-state index in [4.69, 9.17) is 0 Å². The largest absolute Gasteiger partial charge is 0.338 e. The molecule has 0 radical (unpaired) electrons. The van der Waals surface area contributed by atoms with Crippen LogP contribution in [0.15, 0.2) is 24.3 Å². The number of urea groups is 1. The van der Waals surface area contributed by atoms with E-state index >= 15 is 0 Å². The topological polar surface area (TPSA) is 61.4 Å². The lowest BCUT2D eigenvalue weighted by molar-refractivity contribution is 0.0708. The molecule has 1 aliphatic rings. The van der Waals surface area contributed by atoms with Gasteiger partial charge in [-0.1, -0.05) is 32.9 Å². The van der Waals surface area contributed by atoms with Crippen LogP contribution in [0.3, 0.4) is 0 Å². The molecule has 1 aromatic rings. The van der Waals surface area contributed by atoms with E-state index in [1.807, 2.05) is 43.0 Å². The number of likely N-dealkylation sites (tertiary alicyclic amines) is 1. The van der Waals surface area contributed by atoms with Crippen molar-refractivity contribution in [3.8, 4) is 0 Å². The number of nitrogens with one attached hydrogen (secondary N) is 2. The summed E-state index contributed by atoms with van der Waals surface area (Å²) in [7, 11) is 0. The molecule has 0 saturated carbocycles. The fraction of sp³-hybridized carbons (Fsp3) is 0.600. The lowest BCUT2D eigenvalue weighted by Gasteiger charge is -2.32. The molecule has 0 atom stereocenters. The van der Waals surface area contributed by atoms with E-state index < -0.39 is 0 Å². The summed E-state index contributed by atoms with van der Waals surface area (Å²) in [5.41, 5.74) is 2.04. The molecule has 2 rings (SSSR count). The van der Waals surface area contributed by atoms with Gasteiger partial charge in [-0.25, -0.2) is 4.79 Å². The Kier molecular flexibility index (Phi) is 6.09. The minimum atomic E-state index is -0.127. The zero-order chi connectivity index (χ0) is 18.6. The first-order valence-corrected chi connectivity index (χ1v) is 9.13. The fourth-order valence-electron chi connectivity index (χ4n) is 3.01. The zero-order valence-corrected chi connectivity index (χ0v) is 16.1. The minimum absolute atomic E-state index is 0.0746. The van der Waals surface area contributed by atoms with Crippen LogP contribution >= 0.6 is 0 Å². The molecule has 2 N–H and O–H groups in total. The highest BCUT2D eigenvalue weighted by Crippen LogP contribution is 2.23. The Labute approximate surface area is 151 Å². The molecule has 1 aromatic carbocycles. The van der Waals surface area contributed by atoms with Crippen molar-refractivity contribution < 1.29 is 9.59 Å². The maximum Gasteiger partial charge on any atom is 0.315 e. The van der Waals surface area contributed by atoms with E-state index in [9.17, 15) is 9.59 Å². The third-order valence-corrected chi connectivity index (χ3v) is 4.54. The second-order valence-electron chi connectivity index (χ2n) is 8.17. The van der Waals surface area contributed by atoms with E-state index in [-0.39, 0.29) is 29.4 Å². The number of carbonyl (C=O) groups is 2. The molecule has 5 heteroatoms. The Hall–Kier alpha value is -2.04. The average molecular weight is 345 g/mol. The van der Waals surface area contributed by atoms with Gasteiger partial charge in [-0.05, 0) is 49.8 Å². The smallest absolute Gasteiger partial charge is 0.315 e. The first-order valence-electron chi connectivity index (χ1n) is 9.13. The van der Waals surface area contributed by atoms with Crippen molar-refractivity contribution >= 4 is 11.9 Å². The molecule has 0 aromatic heterocycles. The van der Waals surface area contributed by atoms with Crippen LogP contribution in [-0.4, -0.2) is 42.0 Å². The minimum Gasteiger partial charge on any atom is -0.338 e. The van der Waals surface area contributed by atoms with Crippen molar-refractivity contribution in [3.05, 3.63) is 35.4 Å². The number of hydrogen-bond donors (Lipinski definition) is 2. The summed E-state index contributed by atoms with van der Waals surface area (Å²) in [6.45, 7) is 11.7. The molecule has 1 heterocycles. The summed E-state index contributed by atoms with van der Waals surface area (Å²) in [6.07, 6.45) is 1.58. The van der Waals surface area contributed by atoms with E-state index in [2.05, 4.69) is 31.4 Å². The number of benzene rings is 1. The Balaban J connectivity index is 1.88. The van der Waals surface area contributed by atoms with Crippen molar-refractivity contribution in [2.45, 2.75) is 65.0 Å². The highest BCUT2D eigenvalue weighted by Gasteiger charge is 2.25. The van der Waals surface area contributed by atoms with Crippen LogP contribution in [0.1, 0.15) is 63.4 Å². The quantitative estimate of drug-likeness (QED) is 0.883. The second-order valence-corrected chi connectivity index (χ2v) is 8.17. The molecule has 0 bridgehead atoms. The molecule has 0 unspecified atom stereocenters. The van der Waals surface area contributed by atoms with Crippen molar-refractivity contribution in [2.24, 2.45) is 0 Å². The highest BCUT2D eigenvalue weighted by atomic mass is 16.2. The third kappa shape index (κ3) is 5.48. The maximum absolute atomic E-state index is 12.7.